The highest BCUT2D eigenvalue weighted by molar-refractivity contribution is 5.90. The lowest BCUT2D eigenvalue weighted by Gasteiger charge is -2.20. The van der Waals surface area contributed by atoms with Crippen molar-refractivity contribution in [1.29, 1.82) is 0 Å². The van der Waals surface area contributed by atoms with Crippen LogP contribution < -0.4 is 5.32 Å². The Balaban J connectivity index is 4.40. The van der Waals surface area contributed by atoms with E-state index in [2.05, 4.69) is 5.32 Å². The van der Waals surface area contributed by atoms with Crippen molar-refractivity contribution in [1.82, 2.24) is 5.32 Å². The summed E-state index contributed by atoms with van der Waals surface area (Å²) in [6, 6.07) is -0.901. The molecule has 2 N–H and O–H groups in total. The largest absolute Gasteiger partial charge is 0.391 e. The van der Waals surface area contributed by atoms with Crippen molar-refractivity contribution in [2.75, 3.05) is 0 Å². The van der Waals surface area contributed by atoms with Crippen LogP contribution in [0, 0.1) is 5.92 Å². The topological polar surface area (TPSA) is 83.5 Å². The molecule has 3 atom stereocenters. The minimum atomic E-state index is -0.939. The van der Waals surface area contributed by atoms with Gasteiger partial charge in [0, 0.05) is 12.3 Å². The summed E-state index contributed by atoms with van der Waals surface area (Å²) in [5.74, 6) is -1.27. The highest BCUT2D eigenvalue weighted by atomic mass is 16.3. The molecule has 0 aromatic rings. The second kappa shape index (κ2) is 6.37. The number of hydrogen-bond acceptors (Lipinski definition) is 4. The van der Waals surface area contributed by atoms with Gasteiger partial charge >= 0.3 is 0 Å². The van der Waals surface area contributed by atoms with Crippen LogP contribution in [0.15, 0.2) is 0 Å². The minimum absolute atomic E-state index is 0.0842. The molecule has 0 heterocycles. The van der Waals surface area contributed by atoms with Gasteiger partial charge in [0.1, 0.15) is 11.8 Å². The third-order valence-corrected chi connectivity index (χ3v) is 2.26. The van der Waals surface area contributed by atoms with Crippen molar-refractivity contribution in [2.24, 2.45) is 5.92 Å². The van der Waals surface area contributed by atoms with Gasteiger partial charge in [0.05, 0.1) is 6.10 Å². The molecule has 0 unspecified atom stereocenters. The number of nitrogens with one attached hydrogen (secondary N) is 1. The van der Waals surface area contributed by atoms with E-state index in [1.54, 1.807) is 6.92 Å². The van der Waals surface area contributed by atoms with Crippen molar-refractivity contribution in [3.8, 4) is 0 Å². The molecule has 0 aliphatic carbocycles. The molecule has 5 nitrogen and oxygen atoms in total. The van der Waals surface area contributed by atoms with Crippen molar-refractivity contribution in [2.45, 2.75) is 46.3 Å². The molecule has 16 heavy (non-hydrogen) atoms. The first-order valence-corrected chi connectivity index (χ1v) is 5.24. The lowest BCUT2D eigenvalue weighted by atomic mass is 10.0. The zero-order chi connectivity index (χ0) is 12.9. The lowest BCUT2D eigenvalue weighted by molar-refractivity contribution is -0.132. The maximum Gasteiger partial charge on any atom is 0.223 e. The van der Waals surface area contributed by atoms with Crippen LogP contribution in [0.5, 0.6) is 0 Å². The van der Waals surface area contributed by atoms with E-state index in [1.165, 1.54) is 20.8 Å². The van der Waals surface area contributed by atoms with E-state index < -0.39 is 24.0 Å². The average molecular weight is 229 g/mol. The highest BCUT2D eigenvalue weighted by Crippen LogP contribution is 2.04. The lowest BCUT2D eigenvalue weighted by Crippen LogP contribution is -2.48. The number of hydrogen-bond donors (Lipinski definition) is 2. The van der Waals surface area contributed by atoms with Gasteiger partial charge in [-0.1, -0.05) is 6.92 Å². The fourth-order valence-electron chi connectivity index (χ4n) is 1.38. The molecule has 0 rings (SSSR count). The normalized spacial score (nSPS) is 16.1. The fourth-order valence-corrected chi connectivity index (χ4v) is 1.38. The number of aliphatic hydroxyl groups excluding tert-OH is 1. The van der Waals surface area contributed by atoms with Gasteiger partial charge < -0.3 is 15.2 Å². The summed E-state index contributed by atoms with van der Waals surface area (Å²) in [4.78, 5) is 33.5. The van der Waals surface area contributed by atoms with E-state index in [-0.39, 0.29) is 18.0 Å². The van der Waals surface area contributed by atoms with Crippen molar-refractivity contribution in [3.63, 3.8) is 0 Å². The maximum atomic E-state index is 11.6. The first-order chi connectivity index (χ1) is 7.25. The standard InChI is InChI=1S/C11H19NO4/c1-6(5-7(2)13)11(16)12-10(8(3)14)9(4)15/h6,8,10,14H,5H2,1-4H3,(H,12,16)/t6-,8+,10-/m0/s1. The van der Waals surface area contributed by atoms with Crippen LogP contribution in [0.1, 0.15) is 34.1 Å². The molecule has 0 aromatic carbocycles. The fraction of sp³-hybridized carbons (Fsp3) is 0.727. The Kier molecular flexibility index (Phi) is 5.88. The summed E-state index contributed by atoms with van der Waals surface area (Å²) < 4.78 is 0. The molecule has 1 amide bonds. The number of ketones is 2. The summed E-state index contributed by atoms with van der Waals surface area (Å²) in [5.41, 5.74) is 0. The van der Waals surface area contributed by atoms with E-state index in [4.69, 9.17) is 0 Å². The van der Waals surface area contributed by atoms with Crippen molar-refractivity contribution in [3.05, 3.63) is 0 Å². The Morgan fingerprint density at radius 3 is 2.00 bits per heavy atom. The third kappa shape index (κ3) is 5.02. The molecule has 0 aliphatic heterocycles. The van der Waals surface area contributed by atoms with Gasteiger partial charge in [0.25, 0.3) is 0 Å². The molecule has 0 radical (unpaired) electrons. The van der Waals surface area contributed by atoms with Gasteiger partial charge in [0.2, 0.25) is 5.91 Å². The number of carbonyl (C=O) groups is 3. The molecular formula is C11H19NO4. The van der Waals surface area contributed by atoms with Crippen molar-refractivity contribution < 1.29 is 19.5 Å². The zero-order valence-corrected chi connectivity index (χ0v) is 10.1. The van der Waals surface area contributed by atoms with Gasteiger partial charge in [-0.15, -0.1) is 0 Å². The molecule has 0 spiro atoms. The number of carbonyl (C=O) groups excluding carboxylic acids is 3. The molecule has 0 bridgehead atoms. The van der Waals surface area contributed by atoms with Crippen LogP contribution in [0.3, 0.4) is 0 Å². The highest BCUT2D eigenvalue weighted by Gasteiger charge is 2.24. The van der Waals surface area contributed by atoms with E-state index in [9.17, 15) is 19.5 Å². The van der Waals surface area contributed by atoms with Crippen molar-refractivity contribution >= 4 is 17.5 Å². The van der Waals surface area contributed by atoms with Crippen LogP contribution in [-0.4, -0.2) is 34.7 Å². The first-order valence-electron chi connectivity index (χ1n) is 5.24. The van der Waals surface area contributed by atoms with Gasteiger partial charge in [-0.3, -0.25) is 9.59 Å². The van der Waals surface area contributed by atoms with Gasteiger partial charge in [0.15, 0.2) is 5.78 Å². The summed E-state index contributed by atoms with van der Waals surface area (Å²) in [6.45, 7) is 5.74. The predicted molar refractivity (Wildman–Crippen MR) is 58.8 cm³/mol. The smallest absolute Gasteiger partial charge is 0.223 e. The van der Waals surface area contributed by atoms with E-state index >= 15 is 0 Å². The third-order valence-electron chi connectivity index (χ3n) is 2.26. The van der Waals surface area contributed by atoms with E-state index in [1.807, 2.05) is 0 Å². The molecule has 0 fully saturated rings. The molecule has 0 aliphatic rings. The molecular weight excluding hydrogens is 210 g/mol. The first kappa shape index (κ1) is 14.8. The minimum Gasteiger partial charge on any atom is -0.391 e. The van der Waals surface area contributed by atoms with E-state index in [0.717, 1.165) is 0 Å². The van der Waals surface area contributed by atoms with Gasteiger partial charge in [-0.2, -0.15) is 0 Å². The number of Topliss-reactive ketones (excluding diaryl/α,β-unsaturated/α-hetero) is 2. The van der Waals surface area contributed by atoms with Crippen LogP contribution in [0.4, 0.5) is 0 Å². The van der Waals surface area contributed by atoms with Crippen LogP contribution in [0.25, 0.3) is 0 Å². The van der Waals surface area contributed by atoms with E-state index in [0.29, 0.717) is 0 Å². The SMILES string of the molecule is CC(=O)C[C@H](C)C(=O)N[C@H](C(C)=O)[C@@H](C)O. The molecule has 5 heteroatoms. The molecule has 92 valence electrons. The predicted octanol–water partition coefficient (Wildman–Crippen LogP) is 0.0562. The summed E-state index contributed by atoms with van der Waals surface area (Å²) in [7, 11) is 0. The molecule has 0 saturated carbocycles. The second-order valence-electron chi connectivity index (χ2n) is 4.14. The Labute approximate surface area is 95.2 Å². The Morgan fingerprint density at radius 1 is 1.19 bits per heavy atom. The number of aliphatic hydroxyl groups is 1. The summed E-state index contributed by atoms with van der Waals surface area (Å²) in [5, 5.41) is 11.7. The monoisotopic (exact) mass is 229 g/mol. The average Bonchev–Trinajstić information content (AvgIpc) is 2.11. The van der Waals surface area contributed by atoms with Gasteiger partial charge in [-0.05, 0) is 20.8 Å². The number of amides is 1. The summed E-state index contributed by atoms with van der Waals surface area (Å²) >= 11 is 0. The summed E-state index contributed by atoms with van der Waals surface area (Å²) in [6.07, 6.45) is -0.804. The second-order valence-corrected chi connectivity index (χ2v) is 4.14. The Bertz CT molecular complexity index is 286. The Morgan fingerprint density at radius 2 is 1.69 bits per heavy atom. The number of rotatable bonds is 6. The maximum absolute atomic E-state index is 11.6. The van der Waals surface area contributed by atoms with Crippen LogP contribution >= 0.6 is 0 Å². The van der Waals surface area contributed by atoms with Gasteiger partial charge in [-0.25, -0.2) is 0 Å². The quantitative estimate of drug-likeness (QED) is 0.674. The Hall–Kier alpha value is -1.23. The van der Waals surface area contributed by atoms with Crippen LogP contribution in [0.2, 0.25) is 0 Å². The van der Waals surface area contributed by atoms with Crippen LogP contribution in [-0.2, 0) is 14.4 Å². The molecule has 0 saturated heterocycles. The zero-order valence-electron chi connectivity index (χ0n) is 10.1. The molecule has 0 aromatic heterocycles.